The molecule has 2 aliphatic rings. The lowest BCUT2D eigenvalue weighted by Gasteiger charge is -2.25. The summed E-state index contributed by atoms with van der Waals surface area (Å²) in [4.78, 5) is 44.8. The van der Waals surface area contributed by atoms with Gasteiger partial charge in [-0.1, -0.05) is 0 Å². The zero-order chi connectivity index (χ0) is 29.6. The van der Waals surface area contributed by atoms with Crippen molar-refractivity contribution in [2.24, 2.45) is 0 Å². The molecule has 13 heteroatoms. The number of rotatable bonds is 6. The Hall–Kier alpha value is -3.47. The van der Waals surface area contributed by atoms with E-state index in [9.17, 15) is 17.9 Å². The van der Waals surface area contributed by atoms with Crippen molar-refractivity contribution in [1.82, 2.24) is 14.7 Å². The second-order valence-corrected chi connectivity index (χ2v) is 11.6. The number of anilines is 1. The van der Waals surface area contributed by atoms with Crippen LogP contribution in [0.4, 0.5) is 9.21 Å². The molecule has 2 saturated heterocycles. The Morgan fingerprint density at radius 2 is 1.52 bits per heavy atom. The van der Waals surface area contributed by atoms with Gasteiger partial charge < -0.3 is 30.1 Å². The van der Waals surface area contributed by atoms with Crippen LogP contribution in [0.25, 0.3) is 22.3 Å². The summed E-state index contributed by atoms with van der Waals surface area (Å²) < 4.78 is 34.9. The van der Waals surface area contributed by atoms with Gasteiger partial charge in [0.15, 0.2) is 0 Å². The lowest BCUT2D eigenvalue weighted by atomic mass is 10.1. The average Bonchev–Trinajstić information content (AvgIpc) is 3.39. The van der Waals surface area contributed by atoms with Gasteiger partial charge >= 0.3 is 21.2 Å². The summed E-state index contributed by atoms with van der Waals surface area (Å²) in [7, 11) is 3.98. The Morgan fingerprint density at radius 3 is 2.14 bits per heavy atom. The molecule has 3 aromatic rings. The van der Waals surface area contributed by atoms with E-state index in [0.717, 1.165) is 22.4 Å². The van der Waals surface area contributed by atoms with E-state index in [1.54, 1.807) is 18.2 Å². The van der Waals surface area contributed by atoms with E-state index in [0.29, 0.717) is 57.1 Å². The normalized spacial score (nSPS) is 20.6. The number of benzene rings is 2. The number of fused-ring (bicyclic) bond motifs is 4. The van der Waals surface area contributed by atoms with Gasteiger partial charge in [-0.2, -0.15) is 0 Å². The highest BCUT2D eigenvalue weighted by Gasteiger charge is 2.42. The molecule has 0 radical (unpaired) electrons. The standard InChI is InChI=1S/C29H36N4O7.Al.FH/c1-30(2)23-5-3-21(4-6-23)26-18-22-17-24(7-8-25(22)40-26)39-29(38)9-10-31-11-13-32(19-27(34)35)15-16-33(14-12-31)20-28(36)37;;/h3-8,17-18H,9-16,19-20H2,1-2H3,(H,34,35)(H,36,37);;1H/q;+3;/p-3. The van der Waals surface area contributed by atoms with Gasteiger partial charge in [0.2, 0.25) is 0 Å². The van der Waals surface area contributed by atoms with Crippen molar-refractivity contribution in [1.29, 1.82) is 0 Å². The topological polar surface area (TPSA) is 105 Å². The van der Waals surface area contributed by atoms with Gasteiger partial charge in [-0.05, 0) is 48.5 Å². The number of hydrogen-bond acceptors (Lipinski definition) is 11. The highest BCUT2D eigenvalue weighted by Crippen LogP contribution is 2.31. The maximum atomic E-state index is 13.9. The first kappa shape index (κ1) is 30.0. The van der Waals surface area contributed by atoms with E-state index < -0.39 is 27.2 Å². The predicted molar refractivity (Wildman–Crippen MR) is 155 cm³/mol. The lowest BCUT2D eigenvalue weighted by molar-refractivity contribution is -0.142. The molecular weight excluding hydrogens is 562 g/mol. The van der Waals surface area contributed by atoms with Crippen LogP contribution in [-0.2, 0) is 22.0 Å². The third-order valence-corrected chi connectivity index (χ3v) is 8.27. The molecule has 11 nitrogen and oxygen atoms in total. The van der Waals surface area contributed by atoms with Gasteiger partial charge in [-0.3, -0.25) is 24.2 Å². The minimum absolute atomic E-state index is 0.0890. The molecule has 42 heavy (non-hydrogen) atoms. The minimum Gasteiger partial charge on any atom is -0.558 e. The molecule has 2 aliphatic heterocycles. The molecule has 0 amide bonds. The number of ether oxygens (including phenoxy) is 1. The molecule has 0 aliphatic carbocycles. The molecule has 0 N–H and O–H groups in total. The fourth-order valence-corrected chi connectivity index (χ4v) is 5.59. The second kappa shape index (κ2) is 13.7. The third-order valence-electron chi connectivity index (χ3n) is 7.37. The highest BCUT2D eigenvalue weighted by molar-refractivity contribution is 6.41. The van der Waals surface area contributed by atoms with Crippen LogP contribution in [0.1, 0.15) is 6.42 Å². The largest absolute Gasteiger partial charge is 1.15 e. The van der Waals surface area contributed by atoms with Crippen LogP contribution >= 0.6 is 0 Å². The first-order valence-electron chi connectivity index (χ1n) is 13.9. The van der Waals surface area contributed by atoms with E-state index in [1.165, 1.54) is 0 Å². The zero-order valence-corrected chi connectivity index (χ0v) is 24.9. The molecule has 1 aromatic heterocycles. The van der Waals surface area contributed by atoms with Crippen molar-refractivity contribution in [2.45, 2.75) is 6.42 Å². The SMILES string of the molecule is CN(C)c1ccc(-c2cc3cc(OC(=O)CCN4CCN5CCN(CC4)CC(=O)[O][Al]([F])[O]C(=O)C5)ccc3o2)cc1. The Bertz CT molecular complexity index is 1380. The summed E-state index contributed by atoms with van der Waals surface area (Å²) in [6, 6.07) is 15.3. The number of hydrogen-bond donors (Lipinski definition) is 0. The molecule has 2 aromatic carbocycles. The summed E-state index contributed by atoms with van der Waals surface area (Å²) >= 11 is -3.84. The van der Waals surface area contributed by atoms with Gasteiger partial charge in [0, 0.05) is 76.5 Å². The van der Waals surface area contributed by atoms with Gasteiger partial charge in [0.1, 0.15) is 17.1 Å². The van der Waals surface area contributed by atoms with Gasteiger partial charge in [0.25, 0.3) is 11.9 Å². The second-order valence-electron chi connectivity index (χ2n) is 10.6. The average molecular weight is 597 g/mol. The molecular formula is C29H34AlFN4O7. The van der Waals surface area contributed by atoms with Crippen molar-refractivity contribution in [2.75, 3.05) is 77.9 Å². The number of furan rings is 1. The zero-order valence-electron chi connectivity index (χ0n) is 23.8. The van der Waals surface area contributed by atoms with E-state index in [4.69, 9.17) is 9.15 Å². The molecule has 0 saturated carbocycles. The maximum Gasteiger partial charge on any atom is 1.15 e. The summed E-state index contributed by atoms with van der Waals surface area (Å²) in [6.45, 7) is 3.56. The van der Waals surface area contributed by atoms with E-state index in [1.807, 2.05) is 59.1 Å². The Labute approximate surface area is 248 Å². The fraction of sp³-hybridized carbons (Fsp3) is 0.414. The Kier molecular flexibility index (Phi) is 9.77. The molecule has 2 fully saturated rings. The van der Waals surface area contributed by atoms with Gasteiger partial charge in [-0.25, -0.2) is 0 Å². The van der Waals surface area contributed by atoms with Crippen LogP contribution < -0.4 is 9.64 Å². The Morgan fingerprint density at radius 1 is 0.905 bits per heavy atom. The number of esters is 1. The Balaban J connectivity index is 1.18. The van der Waals surface area contributed by atoms with Crippen LogP contribution in [0, 0.1) is 0 Å². The van der Waals surface area contributed by atoms with Gasteiger partial charge in [-0.15, -0.1) is 0 Å². The molecule has 0 spiro atoms. The fourth-order valence-electron chi connectivity index (χ4n) is 4.98. The van der Waals surface area contributed by atoms with Crippen molar-refractivity contribution >= 4 is 49.8 Å². The van der Waals surface area contributed by atoms with Crippen LogP contribution in [-0.4, -0.2) is 121 Å². The van der Waals surface area contributed by atoms with Crippen molar-refractivity contribution in [3.05, 3.63) is 48.5 Å². The number of halogens is 1. The number of carbonyl (C=O) groups excluding carboxylic acids is 3. The van der Waals surface area contributed by atoms with E-state index in [2.05, 4.69) is 12.5 Å². The number of carbonyl (C=O) groups is 3. The third kappa shape index (κ3) is 8.08. The summed E-state index contributed by atoms with van der Waals surface area (Å²) in [6.07, 6.45) is 0.159. The van der Waals surface area contributed by atoms with Crippen LogP contribution in [0.15, 0.2) is 52.9 Å². The van der Waals surface area contributed by atoms with Crippen LogP contribution in [0.5, 0.6) is 5.75 Å². The molecule has 2 atom stereocenters. The summed E-state index contributed by atoms with van der Waals surface area (Å²) in [5, 5.41) is 0.833. The smallest absolute Gasteiger partial charge is 0.558 e. The van der Waals surface area contributed by atoms with Gasteiger partial charge in [0.05, 0.1) is 19.5 Å². The van der Waals surface area contributed by atoms with Crippen molar-refractivity contribution in [3.63, 3.8) is 0 Å². The van der Waals surface area contributed by atoms with Crippen molar-refractivity contribution < 1.29 is 34.6 Å². The molecule has 3 heterocycles. The first-order chi connectivity index (χ1) is 20.2. The van der Waals surface area contributed by atoms with E-state index >= 15 is 0 Å². The summed E-state index contributed by atoms with van der Waals surface area (Å²) in [5.74, 6) is -0.686. The first-order valence-corrected chi connectivity index (χ1v) is 15.3. The van der Waals surface area contributed by atoms with Crippen LogP contribution in [0.3, 0.4) is 0 Å². The lowest BCUT2D eigenvalue weighted by Crippen LogP contribution is -2.41. The monoisotopic (exact) mass is 596 g/mol. The maximum absolute atomic E-state index is 13.9. The number of nitrogens with zero attached hydrogens (tertiary/aromatic N) is 4. The quantitative estimate of drug-likeness (QED) is 0.238. The molecule has 222 valence electrons. The molecule has 2 bridgehead atoms. The minimum atomic E-state index is -3.84. The van der Waals surface area contributed by atoms with Crippen molar-refractivity contribution in [3.8, 4) is 17.1 Å². The molecule has 5 rings (SSSR count). The van der Waals surface area contributed by atoms with E-state index in [-0.39, 0.29) is 25.5 Å². The molecule has 2 unspecified atom stereocenters. The predicted octanol–water partition coefficient (Wildman–Crippen LogP) is 2.44. The summed E-state index contributed by atoms with van der Waals surface area (Å²) in [5.41, 5.74) is 2.75. The highest BCUT2D eigenvalue weighted by atomic mass is 27.3. The van der Waals surface area contributed by atoms with Crippen LogP contribution in [0.2, 0.25) is 0 Å².